The zero-order chi connectivity index (χ0) is 10.1. The van der Waals surface area contributed by atoms with Crippen LogP contribution in [0.3, 0.4) is 0 Å². The van der Waals surface area contributed by atoms with Crippen LogP contribution < -0.4 is 0 Å². The lowest BCUT2D eigenvalue weighted by Gasteiger charge is -2.00. The van der Waals surface area contributed by atoms with Crippen molar-refractivity contribution in [3.8, 4) is 10.6 Å². The second-order valence-corrected chi connectivity index (χ2v) is 5.33. The molecule has 1 aromatic heterocycles. The Morgan fingerprint density at radius 2 is 2.07 bits per heavy atom. The van der Waals surface area contributed by atoms with Gasteiger partial charge in [-0.3, -0.25) is 0 Å². The lowest BCUT2D eigenvalue weighted by atomic mass is 10.2. The maximum atomic E-state index is 4.35. The van der Waals surface area contributed by atoms with Gasteiger partial charge in [0.25, 0.3) is 0 Å². The maximum absolute atomic E-state index is 4.35. The molecule has 14 heavy (non-hydrogen) atoms. The van der Waals surface area contributed by atoms with E-state index in [2.05, 4.69) is 53.0 Å². The van der Waals surface area contributed by atoms with Crippen LogP contribution in [0.15, 0.2) is 28.9 Å². The zero-order valence-corrected chi connectivity index (χ0v) is 10.4. The molecule has 0 unspecified atom stereocenters. The minimum atomic E-state index is 1.09. The summed E-state index contributed by atoms with van der Waals surface area (Å²) in [6.45, 7) is 4.16. The third-order valence-electron chi connectivity index (χ3n) is 2.04. The number of nitrogens with zero attached hydrogens (tertiary/aromatic N) is 1. The molecule has 2 rings (SSSR count). The van der Waals surface area contributed by atoms with E-state index in [1.165, 1.54) is 16.0 Å². The Morgan fingerprint density at radius 3 is 2.64 bits per heavy atom. The first-order valence-corrected chi connectivity index (χ1v) is 5.97. The smallest absolute Gasteiger partial charge is 0.123 e. The molecule has 0 radical (unpaired) electrons. The quantitative estimate of drug-likeness (QED) is 0.755. The Hall–Kier alpha value is -0.670. The van der Waals surface area contributed by atoms with E-state index in [0.29, 0.717) is 0 Å². The highest BCUT2D eigenvalue weighted by atomic mass is 79.9. The summed E-state index contributed by atoms with van der Waals surface area (Å²) in [5, 5.41) is 1.09. The summed E-state index contributed by atoms with van der Waals surface area (Å²) in [6.07, 6.45) is 1.91. The first kappa shape index (κ1) is 9.87. The maximum Gasteiger partial charge on any atom is 0.123 e. The van der Waals surface area contributed by atoms with Gasteiger partial charge in [0, 0.05) is 21.1 Å². The number of halogens is 1. The molecule has 1 aromatic carbocycles. The third kappa shape index (κ3) is 1.88. The number of rotatable bonds is 1. The van der Waals surface area contributed by atoms with Crippen LogP contribution in [0.5, 0.6) is 0 Å². The van der Waals surface area contributed by atoms with Crippen LogP contribution in [0.2, 0.25) is 0 Å². The minimum Gasteiger partial charge on any atom is -0.244 e. The van der Waals surface area contributed by atoms with Gasteiger partial charge in [-0.1, -0.05) is 28.1 Å². The van der Waals surface area contributed by atoms with Crippen molar-refractivity contribution < 1.29 is 0 Å². The molecule has 0 aliphatic heterocycles. The van der Waals surface area contributed by atoms with Crippen molar-refractivity contribution >= 4 is 27.3 Å². The molecule has 1 heterocycles. The molecule has 0 aliphatic carbocycles. The average Bonchev–Trinajstić information content (AvgIpc) is 2.57. The van der Waals surface area contributed by atoms with Crippen molar-refractivity contribution in [1.29, 1.82) is 0 Å². The van der Waals surface area contributed by atoms with Gasteiger partial charge in [0.15, 0.2) is 0 Å². The van der Waals surface area contributed by atoms with Gasteiger partial charge in [0.2, 0.25) is 0 Å². The number of hydrogen-bond acceptors (Lipinski definition) is 2. The monoisotopic (exact) mass is 267 g/mol. The van der Waals surface area contributed by atoms with Gasteiger partial charge < -0.3 is 0 Å². The second-order valence-electron chi connectivity index (χ2n) is 3.24. The zero-order valence-electron chi connectivity index (χ0n) is 8.04. The molecule has 0 saturated heterocycles. The van der Waals surface area contributed by atoms with E-state index in [9.17, 15) is 0 Å². The molecule has 0 N–H and O–H groups in total. The molecule has 0 amide bonds. The summed E-state index contributed by atoms with van der Waals surface area (Å²) < 4.78 is 1.14. The molecular formula is C11H10BrNS. The van der Waals surface area contributed by atoms with Crippen LogP contribution in [-0.4, -0.2) is 4.98 Å². The SMILES string of the molecule is Cc1cnc(-c2ccc(C)c(Br)c2)s1. The highest BCUT2D eigenvalue weighted by Crippen LogP contribution is 2.28. The highest BCUT2D eigenvalue weighted by Gasteiger charge is 2.03. The largest absolute Gasteiger partial charge is 0.244 e. The summed E-state index contributed by atoms with van der Waals surface area (Å²) in [6, 6.07) is 6.34. The first-order chi connectivity index (χ1) is 6.66. The van der Waals surface area contributed by atoms with E-state index in [-0.39, 0.29) is 0 Å². The van der Waals surface area contributed by atoms with E-state index in [0.717, 1.165) is 9.48 Å². The Balaban J connectivity index is 2.47. The van der Waals surface area contributed by atoms with Crippen LogP contribution in [0, 0.1) is 13.8 Å². The van der Waals surface area contributed by atoms with Crippen molar-refractivity contribution in [1.82, 2.24) is 4.98 Å². The summed E-state index contributed by atoms with van der Waals surface area (Å²) in [5.74, 6) is 0. The van der Waals surface area contributed by atoms with Crippen LogP contribution in [0.4, 0.5) is 0 Å². The molecule has 0 saturated carbocycles. The fourth-order valence-corrected chi connectivity index (χ4v) is 2.35. The Labute approximate surface area is 95.9 Å². The highest BCUT2D eigenvalue weighted by molar-refractivity contribution is 9.10. The standard InChI is InChI=1S/C11H10BrNS/c1-7-3-4-9(5-10(7)12)11-13-6-8(2)14-11/h3-6H,1-2H3. The number of hydrogen-bond donors (Lipinski definition) is 0. The van der Waals surface area contributed by atoms with Gasteiger partial charge in [-0.2, -0.15) is 0 Å². The third-order valence-corrected chi connectivity index (χ3v) is 3.86. The molecule has 0 aliphatic rings. The van der Waals surface area contributed by atoms with Crippen LogP contribution >= 0.6 is 27.3 Å². The van der Waals surface area contributed by atoms with Crippen molar-refractivity contribution in [2.45, 2.75) is 13.8 Å². The minimum absolute atomic E-state index is 1.09. The number of aryl methyl sites for hydroxylation is 2. The first-order valence-electron chi connectivity index (χ1n) is 4.36. The predicted octanol–water partition coefficient (Wildman–Crippen LogP) is 4.19. The Kier molecular flexibility index (Phi) is 2.70. The molecule has 2 aromatic rings. The van der Waals surface area contributed by atoms with Crippen LogP contribution in [-0.2, 0) is 0 Å². The number of benzene rings is 1. The molecule has 0 bridgehead atoms. The molecule has 72 valence electrons. The second kappa shape index (κ2) is 3.83. The van der Waals surface area contributed by atoms with Crippen molar-refractivity contribution in [2.24, 2.45) is 0 Å². The van der Waals surface area contributed by atoms with Crippen LogP contribution in [0.25, 0.3) is 10.6 Å². The summed E-state index contributed by atoms with van der Waals surface area (Å²) in [4.78, 5) is 5.60. The molecule has 0 spiro atoms. The molecule has 3 heteroatoms. The fourth-order valence-electron chi connectivity index (χ4n) is 1.21. The van der Waals surface area contributed by atoms with Gasteiger partial charge in [0.05, 0.1) is 0 Å². The van der Waals surface area contributed by atoms with E-state index in [1.807, 2.05) is 6.20 Å². The van der Waals surface area contributed by atoms with Crippen molar-refractivity contribution in [3.05, 3.63) is 39.3 Å². The lowest BCUT2D eigenvalue weighted by molar-refractivity contribution is 1.37. The molecule has 0 fully saturated rings. The van der Waals surface area contributed by atoms with Gasteiger partial charge in [-0.25, -0.2) is 4.98 Å². The van der Waals surface area contributed by atoms with Crippen molar-refractivity contribution in [2.75, 3.05) is 0 Å². The van der Waals surface area contributed by atoms with E-state index >= 15 is 0 Å². The van der Waals surface area contributed by atoms with Gasteiger partial charge >= 0.3 is 0 Å². The van der Waals surface area contributed by atoms with Crippen molar-refractivity contribution in [3.63, 3.8) is 0 Å². The Morgan fingerprint density at radius 1 is 1.29 bits per heavy atom. The molecular weight excluding hydrogens is 258 g/mol. The molecule has 1 nitrogen and oxygen atoms in total. The summed E-state index contributed by atoms with van der Waals surface area (Å²) in [5.41, 5.74) is 2.43. The molecule has 0 atom stereocenters. The Bertz CT molecular complexity index is 462. The van der Waals surface area contributed by atoms with Crippen LogP contribution in [0.1, 0.15) is 10.4 Å². The van der Waals surface area contributed by atoms with E-state index < -0.39 is 0 Å². The topological polar surface area (TPSA) is 12.9 Å². The lowest BCUT2D eigenvalue weighted by Crippen LogP contribution is -1.78. The summed E-state index contributed by atoms with van der Waals surface area (Å²) >= 11 is 5.25. The average molecular weight is 268 g/mol. The number of thiazole rings is 1. The fraction of sp³-hybridized carbons (Fsp3) is 0.182. The predicted molar refractivity (Wildman–Crippen MR) is 64.7 cm³/mol. The van der Waals surface area contributed by atoms with Gasteiger partial charge in [0.1, 0.15) is 5.01 Å². The number of aromatic nitrogens is 1. The normalized spacial score (nSPS) is 10.5. The van der Waals surface area contributed by atoms with Gasteiger partial charge in [-0.05, 0) is 25.5 Å². The van der Waals surface area contributed by atoms with E-state index in [4.69, 9.17) is 0 Å². The van der Waals surface area contributed by atoms with E-state index in [1.54, 1.807) is 11.3 Å². The summed E-state index contributed by atoms with van der Waals surface area (Å²) in [7, 11) is 0. The van der Waals surface area contributed by atoms with Gasteiger partial charge in [-0.15, -0.1) is 11.3 Å².